The minimum absolute atomic E-state index is 0.00117. The van der Waals surface area contributed by atoms with Crippen molar-refractivity contribution in [3.8, 4) is 22.8 Å². The van der Waals surface area contributed by atoms with Crippen LogP contribution in [0.2, 0.25) is 0 Å². The van der Waals surface area contributed by atoms with Crippen LogP contribution in [0.5, 0.6) is 11.5 Å². The van der Waals surface area contributed by atoms with Gasteiger partial charge in [0.05, 0.1) is 5.69 Å². The van der Waals surface area contributed by atoms with Crippen LogP contribution >= 0.6 is 0 Å². The van der Waals surface area contributed by atoms with Gasteiger partial charge in [-0.1, -0.05) is 30.3 Å². The van der Waals surface area contributed by atoms with Crippen molar-refractivity contribution in [1.29, 1.82) is 0 Å². The molecule has 0 atom stereocenters. The third kappa shape index (κ3) is 3.98. The zero-order valence-corrected chi connectivity index (χ0v) is 18.0. The van der Waals surface area contributed by atoms with Crippen LogP contribution < -0.4 is 15.0 Å². The first-order chi connectivity index (χ1) is 15.6. The van der Waals surface area contributed by atoms with Gasteiger partial charge in [-0.3, -0.25) is 9.59 Å². The number of aryl methyl sites for hydroxylation is 1. The van der Waals surface area contributed by atoms with Crippen LogP contribution in [0.3, 0.4) is 0 Å². The number of piperidine rings is 1. The van der Waals surface area contributed by atoms with Gasteiger partial charge in [0, 0.05) is 36.8 Å². The molecule has 2 aliphatic rings. The number of ether oxygens (including phenoxy) is 2. The number of carbonyl (C=O) groups excluding carboxylic acids is 1. The number of hydrogen-bond acceptors (Lipinski definition) is 5. The molecule has 1 fully saturated rings. The SMILES string of the molecule is Cc1cc(=O)n(CC2CCN(C(=O)c3ccc4c(c3)OCO4)CC2)nc1-c1ccccc1. The summed E-state index contributed by atoms with van der Waals surface area (Å²) in [6, 6.07) is 16.9. The van der Waals surface area contributed by atoms with Gasteiger partial charge in [-0.2, -0.15) is 5.10 Å². The van der Waals surface area contributed by atoms with Crippen molar-refractivity contribution >= 4 is 5.91 Å². The number of nitrogens with zero attached hydrogens (tertiary/aromatic N) is 3. The van der Waals surface area contributed by atoms with E-state index < -0.39 is 0 Å². The summed E-state index contributed by atoms with van der Waals surface area (Å²) in [4.78, 5) is 27.4. The van der Waals surface area contributed by atoms with Gasteiger partial charge in [0.25, 0.3) is 11.5 Å². The molecule has 3 aromatic rings. The van der Waals surface area contributed by atoms with Crippen LogP contribution in [0.15, 0.2) is 59.4 Å². The van der Waals surface area contributed by atoms with E-state index in [0.717, 1.165) is 29.7 Å². The Hall–Kier alpha value is -3.61. The number of amides is 1. The fourth-order valence-corrected chi connectivity index (χ4v) is 4.36. The average molecular weight is 431 g/mol. The predicted molar refractivity (Wildman–Crippen MR) is 120 cm³/mol. The van der Waals surface area contributed by atoms with Gasteiger partial charge in [0.1, 0.15) is 0 Å². The smallest absolute Gasteiger partial charge is 0.267 e. The molecule has 7 nitrogen and oxygen atoms in total. The maximum Gasteiger partial charge on any atom is 0.267 e. The van der Waals surface area contributed by atoms with E-state index in [9.17, 15) is 9.59 Å². The third-order valence-corrected chi connectivity index (χ3v) is 6.19. The first kappa shape index (κ1) is 20.3. The highest BCUT2D eigenvalue weighted by molar-refractivity contribution is 5.95. The number of aromatic nitrogens is 2. The molecule has 0 saturated carbocycles. The normalized spacial score (nSPS) is 15.7. The van der Waals surface area contributed by atoms with Crippen LogP contribution in [-0.4, -0.2) is 40.5 Å². The number of rotatable bonds is 4. The molecule has 5 rings (SSSR count). The number of benzene rings is 2. The first-order valence-electron chi connectivity index (χ1n) is 10.9. The molecule has 2 aromatic carbocycles. The zero-order chi connectivity index (χ0) is 22.1. The monoisotopic (exact) mass is 431 g/mol. The Morgan fingerprint density at radius 1 is 1.03 bits per heavy atom. The van der Waals surface area contributed by atoms with E-state index in [1.54, 1.807) is 28.9 Å². The minimum Gasteiger partial charge on any atom is -0.454 e. The van der Waals surface area contributed by atoms with Crippen molar-refractivity contribution in [2.45, 2.75) is 26.3 Å². The second-order valence-electron chi connectivity index (χ2n) is 8.37. The maximum absolute atomic E-state index is 12.9. The molecule has 3 heterocycles. The Labute approximate surface area is 186 Å². The molecular weight excluding hydrogens is 406 g/mol. The zero-order valence-electron chi connectivity index (χ0n) is 18.0. The van der Waals surface area contributed by atoms with E-state index in [-0.39, 0.29) is 18.3 Å². The largest absolute Gasteiger partial charge is 0.454 e. The quantitative estimate of drug-likeness (QED) is 0.632. The van der Waals surface area contributed by atoms with Crippen molar-refractivity contribution < 1.29 is 14.3 Å². The van der Waals surface area contributed by atoms with E-state index in [4.69, 9.17) is 9.47 Å². The summed E-state index contributed by atoms with van der Waals surface area (Å²) in [7, 11) is 0. The lowest BCUT2D eigenvalue weighted by molar-refractivity contribution is 0.0680. The highest BCUT2D eigenvalue weighted by Crippen LogP contribution is 2.33. The van der Waals surface area contributed by atoms with Crippen LogP contribution in [0, 0.1) is 12.8 Å². The summed E-state index contributed by atoms with van der Waals surface area (Å²) in [5.74, 6) is 1.59. The molecule has 0 bridgehead atoms. The Morgan fingerprint density at radius 2 is 1.78 bits per heavy atom. The summed E-state index contributed by atoms with van der Waals surface area (Å²) in [6.07, 6.45) is 1.66. The van der Waals surface area contributed by atoms with Gasteiger partial charge in [-0.25, -0.2) is 4.68 Å². The summed E-state index contributed by atoms with van der Waals surface area (Å²) >= 11 is 0. The standard InChI is InChI=1S/C25H25N3O4/c1-17-13-23(29)28(26-24(17)19-5-3-2-4-6-19)15-18-9-11-27(12-10-18)25(30)20-7-8-21-22(14-20)32-16-31-21/h2-8,13-14,18H,9-12,15-16H2,1H3. The highest BCUT2D eigenvalue weighted by Gasteiger charge is 2.26. The van der Waals surface area contributed by atoms with Gasteiger partial charge in [0.15, 0.2) is 11.5 Å². The molecule has 164 valence electrons. The number of likely N-dealkylation sites (tertiary alicyclic amines) is 1. The van der Waals surface area contributed by atoms with E-state index in [1.807, 2.05) is 42.2 Å². The van der Waals surface area contributed by atoms with E-state index in [2.05, 4.69) is 5.10 Å². The van der Waals surface area contributed by atoms with Crippen molar-refractivity contribution in [3.63, 3.8) is 0 Å². The maximum atomic E-state index is 12.9. The molecule has 0 N–H and O–H groups in total. The molecule has 0 spiro atoms. The predicted octanol–water partition coefficient (Wildman–Crippen LogP) is 3.50. The molecule has 1 aromatic heterocycles. The molecule has 1 saturated heterocycles. The molecule has 7 heteroatoms. The molecule has 2 aliphatic heterocycles. The minimum atomic E-state index is -0.0824. The third-order valence-electron chi connectivity index (χ3n) is 6.19. The molecule has 1 amide bonds. The Bertz CT molecular complexity index is 1200. The summed E-state index contributed by atoms with van der Waals surface area (Å²) in [6.45, 7) is 3.98. The first-order valence-corrected chi connectivity index (χ1v) is 10.9. The average Bonchev–Trinajstić information content (AvgIpc) is 3.29. The molecule has 32 heavy (non-hydrogen) atoms. The topological polar surface area (TPSA) is 73.7 Å². The lowest BCUT2D eigenvalue weighted by Crippen LogP contribution is -2.40. The summed E-state index contributed by atoms with van der Waals surface area (Å²) in [5, 5.41) is 4.67. The van der Waals surface area contributed by atoms with Crippen LogP contribution in [0.1, 0.15) is 28.8 Å². The molecule has 0 radical (unpaired) electrons. The fraction of sp³-hybridized carbons (Fsp3) is 0.320. The number of carbonyl (C=O) groups is 1. The Kier molecular flexibility index (Phi) is 5.39. The lowest BCUT2D eigenvalue weighted by atomic mass is 9.96. The molecule has 0 unspecified atom stereocenters. The van der Waals surface area contributed by atoms with Crippen molar-refractivity contribution in [3.05, 3.63) is 76.1 Å². The van der Waals surface area contributed by atoms with Crippen molar-refractivity contribution in [2.24, 2.45) is 5.92 Å². The van der Waals surface area contributed by atoms with Crippen LogP contribution in [0.4, 0.5) is 0 Å². The Balaban J connectivity index is 1.25. The van der Waals surface area contributed by atoms with Gasteiger partial charge in [-0.05, 0) is 49.4 Å². The molecule has 0 aliphatic carbocycles. The molecular formula is C25H25N3O4. The van der Waals surface area contributed by atoms with Crippen LogP contribution in [0.25, 0.3) is 11.3 Å². The number of fused-ring (bicyclic) bond motifs is 1. The fourth-order valence-electron chi connectivity index (χ4n) is 4.36. The van der Waals surface area contributed by atoms with E-state index in [1.165, 1.54) is 0 Å². The Morgan fingerprint density at radius 3 is 2.56 bits per heavy atom. The van der Waals surface area contributed by atoms with Crippen molar-refractivity contribution in [1.82, 2.24) is 14.7 Å². The highest BCUT2D eigenvalue weighted by atomic mass is 16.7. The summed E-state index contributed by atoms with van der Waals surface area (Å²) in [5.41, 5.74) is 3.24. The van der Waals surface area contributed by atoms with E-state index >= 15 is 0 Å². The van der Waals surface area contributed by atoms with Crippen molar-refractivity contribution in [2.75, 3.05) is 19.9 Å². The second-order valence-corrected chi connectivity index (χ2v) is 8.37. The van der Waals surface area contributed by atoms with Gasteiger partial charge in [-0.15, -0.1) is 0 Å². The van der Waals surface area contributed by atoms with Gasteiger partial charge < -0.3 is 14.4 Å². The number of hydrogen-bond donors (Lipinski definition) is 0. The van der Waals surface area contributed by atoms with E-state index in [0.29, 0.717) is 42.6 Å². The van der Waals surface area contributed by atoms with Gasteiger partial charge >= 0.3 is 0 Å². The van der Waals surface area contributed by atoms with Gasteiger partial charge in [0.2, 0.25) is 6.79 Å². The second kappa shape index (κ2) is 8.49. The lowest BCUT2D eigenvalue weighted by Gasteiger charge is -2.32. The van der Waals surface area contributed by atoms with Crippen LogP contribution in [-0.2, 0) is 6.54 Å². The summed E-state index contributed by atoms with van der Waals surface area (Å²) < 4.78 is 12.3.